The molecular weight excluding hydrogens is 364 g/mol. The zero-order valence-electron chi connectivity index (χ0n) is 16.2. The van der Waals surface area contributed by atoms with Crippen LogP contribution in [0.15, 0.2) is 30.3 Å². The molecule has 0 saturated carbocycles. The average Bonchev–Trinajstić information content (AvgIpc) is 3.04. The third-order valence-electron chi connectivity index (χ3n) is 4.62. The Bertz CT molecular complexity index is 891. The Hall–Kier alpha value is -3.22. The lowest BCUT2D eigenvalue weighted by molar-refractivity contribution is 0.103. The normalized spacial score (nSPS) is 17.3. The molecule has 28 heavy (non-hydrogen) atoms. The molecule has 2 aromatic carbocycles. The summed E-state index contributed by atoms with van der Waals surface area (Å²) in [5.41, 5.74) is 2.27. The first-order valence-corrected chi connectivity index (χ1v) is 8.88. The first-order chi connectivity index (χ1) is 13.5. The van der Waals surface area contributed by atoms with Crippen molar-refractivity contribution in [3.8, 4) is 23.0 Å². The first-order valence-electron chi connectivity index (χ1n) is 8.88. The summed E-state index contributed by atoms with van der Waals surface area (Å²) in [6.07, 6.45) is -0.318. The summed E-state index contributed by atoms with van der Waals surface area (Å²) < 4.78 is 26.9. The summed E-state index contributed by atoms with van der Waals surface area (Å²) >= 11 is 0. The maximum absolute atomic E-state index is 11.6. The second kappa shape index (κ2) is 8.21. The Morgan fingerprint density at radius 1 is 1.11 bits per heavy atom. The van der Waals surface area contributed by atoms with E-state index in [-0.39, 0.29) is 24.4 Å². The minimum Gasteiger partial charge on any atom is -0.493 e. The highest BCUT2D eigenvalue weighted by Gasteiger charge is 2.35. The fraction of sp³-hybridized carbons (Fsp3) is 0.333. The second-order valence-corrected chi connectivity index (χ2v) is 6.28. The van der Waals surface area contributed by atoms with E-state index in [1.54, 1.807) is 31.2 Å². The lowest BCUT2D eigenvalue weighted by Gasteiger charge is -2.18. The van der Waals surface area contributed by atoms with Crippen LogP contribution < -0.4 is 18.9 Å². The van der Waals surface area contributed by atoms with Gasteiger partial charge in [0.1, 0.15) is 12.4 Å². The van der Waals surface area contributed by atoms with Gasteiger partial charge in [-0.25, -0.2) is 4.79 Å². The van der Waals surface area contributed by atoms with Crippen LogP contribution in [0.1, 0.15) is 47.4 Å². The van der Waals surface area contributed by atoms with E-state index in [4.69, 9.17) is 23.7 Å². The molecule has 0 fully saturated rings. The molecule has 0 aromatic heterocycles. The Labute approximate surface area is 163 Å². The number of methoxy groups -OCH3 is 2. The zero-order valence-corrected chi connectivity index (χ0v) is 16.2. The van der Waals surface area contributed by atoms with Crippen LogP contribution in [0, 0.1) is 0 Å². The fourth-order valence-corrected chi connectivity index (χ4v) is 3.26. The van der Waals surface area contributed by atoms with Crippen molar-refractivity contribution in [3.63, 3.8) is 0 Å². The number of ether oxygens (including phenoxy) is 5. The molecule has 0 aliphatic carbocycles. The topological polar surface area (TPSA) is 80.3 Å². The van der Waals surface area contributed by atoms with Crippen molar-refractivity contribution in [2.24, 2.45) is 0 Å². The quantitative estimate of drug-likeness (QED) is 0.416. The third kappa shape index (κ3) is 3.60. The largest absolute Gasteiger partial charge is 0.513 e. The van der Waals surface area contributed by atoms with Gasteiger partial charge in [0, 0.05) is 17.0 Å². The van der Waals surface area contributed by atoms with E-state index < -0.39 is 6.16 Å². The molecule has 1 aliphatic rings. The van der Waals surface area contributed by atoms with Crippen molar-refractivity contribution in [3.05, 3.63) is 47.0 Å². The first kappa shape index (κ1) is 19.5. The van der Waals surface area contributed by atoms with Gasteiger partial charge in [-0.1, -0.05) is 13.0 Å². The summed E-state index contributed by atoms with van der Waals surface area (Å²) in [4.78, 5) is 22.8. The van der Waals surface area contributed by atoms with Gasteiger partial charge in [0.2, 0.25) is 0 Å². The van der Waals surface area contributed by atoms with Crippen molar-refractivity contribution >= 4 is 12.4 Å². The Morgan fingerprint density at radius 2 is 1.86 bits per heavy atom. The molecule has 1 aliphatic heterocycles. The second-order valence-electron chi connectivity index (χ2n) is 6.28. The van der Waals surface area contributed by atoms with Gasteiger partial charge < -0.3 is 23.7 Å². The van der Waals surface area contributed by atoms with Crippen LogP contribution in [0.2, 0.25) is 0 Å². The minimum atomic E-state index is -0.794. The van der Waals surface area contributed by atoms with E-state index in [0.29, 0.717) is 22.8 Å². The number of carbonyl (C=O) groups excluding carboxylic acids is 2. The number of rotatable bonds is 6. The molecule has 0 N–H and O–H groups in total. The SMILES string of the molecule is CCOC(=O)Oc1ccc([C@@H]2Oc3c(OC)cc(C=O)cc3[C@H]2C)cc1OC. The van der Waals surface area contributed by atoms with Crippen LogP contribution in [0.5, 0.6) is 23.0 Å². The van der Waals surface area contributed by atoms with E-state index in [0.717, 1.165) is 17.4 Å². The number of carbonyl (C=O) groups is 2. The molecule has 2 aromatic rings. The molecule has 7 heteroatoms. The van der Waals surface area contributed by atoms with Gasteiger partial charge in [0.15, 0.2) is 23.0 Å². The number of fused-ring (bicyclic) bond motifs is 1. The summed E-state index contributed by atoms with van der Waals surface area (Å²) in [5.74, 6) is 1.76. The highest BCUT2D eigenvalue weighted by molar-refractivity contribution is 5.78. The van der Waals surface area contributed by atoms with Gasteiger partial charge in [-0.2, -0.15) is 0 Å². The maximum Gasteiger partial charge on any atom is 0.513 e. The van der Waals surface area contributed by atoms with Crippen LogP contribution in [-0.4, -0.2) is 33.3 Å². The molecule has 7 nitrogen and oxygen atoms in total. The predicted octanol–water partition coefficient (Wildman–Crippen LogP) is 4.29. The van der Waals surface area contributed by atoms with E-state index >= 15 is 0 Å². The Kier molecular flexibility index (Phi) is 5.73. The monoisotopic (exact) mass is 386 g/mol. The number of hydrogen-bond donors (Lipinski definition) is 0. The van der Waals surface area contributed by atoms with Gasteiger partial charge in [-0.15, -0.1) is 0 Å². The molecule has 0 bridgehead atoms. The van der Waals surface area contributed by atoms with E-state index in [1.165, 1.54) is 14.2 Å². The summed E-state index contributed by atoms with van der Waals surface area (Å²) in [6.45, 7) is 3.93. The van der Waals surface area contributed by atoms with E-state index in [2.05, 4.69) is 0 Å². The lowest BCUT2D eigenvalue weighted by Crippen LogP contribution is -2.12. The number of aldehydes is 1. The maximum atomic E-state index is 11.6. The van der Waals surface area contributed by atoms with E-state index in [9.17, 15) is 9.59 Å². The molecule has 0 unspecified atom stereocenters. The molecule has 2 atom stereocenters. The van der Waals surface area contributed by atoms with Gasteiger partial charge in [0.05, 0.1) is 20.8 Å². The van der Waals surface area contributed by atoms with E-state index in [1.807, 2.05) is 13.0 Å². The Balaban J connectivity index is 1.92. The molecule has 0 amide bonds. The number of benzene rings is 2. The van der Waals surface area contributed by atoms with Crippen molar-refractivity contribution in [2.75, 3.05) is 20.8 Å². The highest BCUT2D eigenvalue weighted by atomic mass is 16.7. The van der Waals surface area contributed by atoms with Crippen LogP contribution in [0.25, 0.3) is 0 Å². The molecule has 1 heterocycles. The standard InChI is InChI=1S/C21H22O7/c1-5-26-21(23)27-16-7-6-14(10-17(16)24-3)19-12(2)15-8-13(11-22)9-18(25-4)20(15)28-19/h6-12,19H,5H2,1-4H3/t12-,19-/m1/s1. The summed E-state index contributed by atoms with van der Waals surface area (Å²) in [5, 5.41) is 0. The molecule has 0 spiro atoms. The van der Waals surface area contributed by atoms with Gasteiger partial charge >= 0.3 is 6.16 Å². The van der Waals surface area contributed by atoms with Crippen molar-refractivity contribution < 1.29 is 33.3 Å². The summed E-state index contributed by atoms with van der Waals surface area (Å²) in [6, 6.07) is 8.66. The van der Waals surface area contributed by atoms with Crippen LogP contribution >= 0.6 is 0 Å². The van der Waals surface area contributed by atoms with Gasteiger partial charge in [-0.3, -0.25) is 4.79 Å². The van der Waals surface area contributed by atoms with Gasteiger partial charge in [0.25, 0.3) is 0 Å². The molecule has 0 radical (unpaired) electrons. The average molecular weight is 386 g/mol. The lowest BCUT2D eigenvalue weighted by atomic mass is 9.91. The number of hydrogen-bond acceptors (Lipinski definition) is 7. The zero-order chi connectivity index (χ0) is 20.3. The highest BCUT2D eigenvalue weighted by Crippen LogP contribution is 2.51. The van der Waals surface area contributed by atoms with Crippen LogP contribution in [-0.2, 0) is 4.74 Å². The predicted molar refractivity (Wildman–Crippen MR) is 101 cm³/mol. The van der Waals surface area contributed by atoms with Crippen molar-refractivity contribution in [2.45, 2.75) is 25.9 Å². The smallest absolute Gasteiger partial charge is 0.493 e. The molecule has 0 saturated heterocycles. The van der Waals surface area contributed by atoms with Crippen molar-refractivity contribution in [1.82, 2.24) is 0 Å². The van der Waals surface area contributed by atoms with Crippen LogP contribution in [0.3, 0.4) is 0 Å². The Morgan fingerprint density at radius 3 is 2.50 bits per heavy atom. The molecule has 3 rings (SSSR count). The minimum absolute atomic E-state index is 0.0228. The van der Waals surface area contributed by atoms with Crippen LogP contribution in [0.4, 0.5) is 4.79 Å². The molecule has 148 valence electrons. The fourth-order valence-electron chi connectivity index (χ4n) is 3.26. The molecular formula is C21H22O7. The van der Waals surface area contributed by atoms with Gasteiger partial charge in [-0.05, 0) is 36.8 Å². The third-order valence-corrected chi connectivity index (χ3v) is 4.62. The van der Waals surface area contributed by atoms with Crippen molar-refractivity contribution in [1.29, 1.82) is 0 Å². The summed E-state index contributed by atoms with van der Waals surface area (Å²) in [7, 11) is 3.03.